The van der Waals surface area contributed by atoms with E-state index < -0.39 is 16.7 Å². The van der Waals surface area contributed by atoms with E-state index in [1.165, 1.54) is 24.3 Å². The van der Waals surface area contributed by atoms with Gasteiger partial charge in [-0.3, -0.25) is 14.9 Å². The average molecular weight is 233 g/mol. The van der Waals surface area contributed by atoms with Crippen molar-refractivity contribution in [3.63, 3.8) is 0 Å². The summed E-state index contributed by atoms with van der Waals surface area (Å²) in [6.45, 7) is -0.300. The Morgan fingerprint density at radius 3 is 2.59 bits per heavy atom. The first-order valence-electron chi connectivity index (χ1n) is 4.75. The first-order valence-corrected chi connectivity index (χ1v) is 4.75. The van der Waals surface area contributed by atoms with Crippen LogP contribution in [-0.2, 0) is 14.3 Å². The predicted octanol–water partition coefficient (Wildman–Crippen LogP) is 1.10. The topological polar surface area (TPSA) is 86.5 Å². The molecule has 0 bridgehead atoms. The van der Waals surface area contributed by atoms with Crippen LogP contribution < -0.4 is 0 Å². The number of nitro benzene ring substituents is 1. The standard InChI is InChI=1S/C11H7NO5/c13-10-6-17-11(14)8(10)5-7-3-1-2-4-9(7)12(15)16/h1-5H,6H2/b8-5+. The summed E-state index contributed by atoms with van der Waals surface area (Å²) >= 11 is 0. The van der Waals surface area contributed by atoms with Crippen molar-refractivity contribution >= 4 is 23.5 Å². The number of nitrogens with zero attached hydrogens (tertiary/aromatic N) is 1. The maximum atomic E-state index is 11.3. The molecule has 17 heavy (non-hydrogen) atoms. The van der Waals surface area contributed by atoms with E-state index in [1.54, 1.807) is 6.07 Å². The number of rotatable bonds is 2. The molecule has 0 unspecified atom stereocenters. The number of esters is 1. The molecule has 1 aliphatic rings. The summed E-state index contributed by atoms with van der Waals surface area (Å²) in [6, 6.07) is 5.86. The molecule has 6 nitrogen and oxygen atoms in total. The number of para-hydroxylation sites is 1. The van der Waals surface area contributed by atoms with Crippen molar-refractivity contribution in [1.29, 1.82) is 0 Å². The Balaban J connectivity index is 2.48. The van der Waals surface area contributed by atoms with Gasteiger partial charge in [-0.25, -0.2) is 4.79 Å². The fourth-order valence-electron chi connectivity index (χ4n) is 1.47. The van der Waals surface area contributed by atoms with Crippen LogP contribution in [0.2, 0.25) is 0 Å². The van der Waals surface area contributed by atoms with Crippen molar-refractivity contribution in [3.05, 3.63) is 45.5 Å². The molecule has 1 saturated heterocycles. The van der Waals surface area contributed by atoms with Gasteiger partial charge in [-0.1, -0.05) is 12.1 Å². The number of hydrogen-bond acceptors (Lipinski definition) is 5. The number of ether oxygens (including phenoxy) is 1. The summed E-state index contributed by atoms with van der Waals surface area (Å²) in [7, 11) is 0. The number of hydrogen-bond donors (Lipinski definition) is 0. The quantitative estimate of drug-likeness (QED) is 0.251. The van der Waals surface area contributed by atoms with E-state index in [-0.39, 0.29) is 23.4 Å². The summed E-state index contributed by atoms with van der Waals surface area (Å²) in [6.07, 6.45) is 1.19. The molecule has 0 aliphatic carbocycles. The van der Waals surface area contributed by atoms with Gasteiger partial charge in [0.2, 0.25) is 5.78 Å². The third kappa shape index (κ3) is 2.05. The molecule has 86 valence electrons. The highest BCUT2D eigenvalue weighted by Crippen LogP contribution is 2.22. The molecule has 0 radical (unpaired) electrons. The molecule has 1 aromatic carbocycles. The Bertz CT molecular complexity index is 529. The smallest absolute Gasteiger partial charge is 0.342 e. The van der Waals surface area contributed by atoms with E-state index in [2.05, 4.69) is 4.74 Å². The van der Waals surface area contributed by atoms with E-state index in [0.717, 1.165) is 0 Å². The van der Waals surface area contributed by atoms with Crippen LogP contribution in [0.1, 0.15) is 5.56 Å². The number of benzene rings is 1. The molecule has 0 amide bonds. The van der Waals surface area contributed by atoms with Crippen LogP contribution in [0.15, 0.2) is 29.8 Å². The van der Waals surface area contributed by atoms with Crippen molar-refractivity contribution in [2.24, 2.45) is 0 Å². The molecule has 0 aromatic heterocycles. The highest BCUT2D eigenvalue weighted by molar-refractivity contribution is 6.24. The number of cyclic esters (lactones) is 1. The fourth-order valence-corrected chi connectivity index (χ4v) is 1.47. The monoisotopic (exact) mass is 233 g/mol. The molecule has 6 heteroatoms. The van der Waals surface area contributed by atoms with Gasteiger partial charge in [0.05, 0.1) is 10.5 Å². The second-order valence-corrected chi connectivity index (χ2v) is 3.37. The minimum Gasteiger partial charge on any atom is -0.454 e. The van der Waals surface area contributed by atoms with Crippen molar-refractivity contribution in [2.45, 2.75) is 0 Å². The second-order valence-electron chi connectivity index (χ2n) is 3.37. The van der Waals surface area contributed by atoms with Gasteiger partial charge in [0, 0.05) is 6.07 Å². The lowest BCUT2D eigenvalue weighted by atomic mass is 10.1. The van der Waals surface area contributed by atoms with E-state index in [4.69, 9.17) is 0 Å². The van der Waals surface area contributed by atoms with Gasteiger partial charge < -0.3 is 4.74 Å². The zero-order valence-electron chi connectivity index (χ0n) is 8.58. The summed E-state index contributed by atoms with van der Waals surface area (Å²) in [4.78, 5) is 32.6. The summed E-state index contributed by atoms with van der Waals surface area (Å²) in [5.41, 5.74) is -0.105. The lowest BCUT2D eigenvalue weighted by molar-refractivity contribution is -0.385. The van der Waals surface area contributed by atoms with E-state index in [9.17, 15) is 19.7 Å². The molecule has 0 saturated carbocycles. The molecule has 1 aliphatic heterocycles. The highest BCUT2D eigenvalue weighted by Gasteiger charge is 2.28. The Morgan fingerprint density at radius 1 is 1.29 bits per heavy atom. The van der Waals surface area contributed by atoms with Crippen LogP contribution in [0, 0.1) is 10.1 Å². The number of ketones is 1. The largest absolute Gasteiger partial charge is 0.454 e. The molecule has 1 aromatic rings. The number of carbonyl (C=O) groups excluding carboxylic acids is 2. The van der Waals surface area contributed by atoms with Crippen LogP contribution >= 0.6 is 0 Å². The lowest BCUT2D eigenvalue weighted by Gasteiger charge is -1.97. The van der Waals surface area contributed by atoms with Crippen LogP contribution in [0.25, 0.3) is 6.08 Å². The average Bonchev–Trinajstić information content (AvgIpc) is 2.61. The number of carbonyl (C=O) groups is 2. The summed E-state index contributed by atoms with van der Waals surface area (Å²) < 4.78 is 4.52. The Labute approximate surface area is 95.7 Å². The van der Waals surface area contributed by atoms with Crippen molar-refractivity contribution < 1.29 is 19.2 Å². The normalized spacial score (nSPS) is 17.3. The van der Waals surface area contributed by atoms with E-state index >= 15 is 0 Å². The van der Waals surface area contributed by atoms with Crippen LogP contribution in [0.5, 0.6) is 0 Å². The third-order valence-electron chi connectivity index (χ3n) is 2.29. The van der Waals surface area contributed by atoms with E-state index in [1.807, 2.05) is 0 Å². The van der Waals surface area contributed by atoms with Crippen LogP contribution in [0.3, 0.4) is 0 Å². The summed E-state index contributed by atoms with van der Waals surface area (Å²) in [5, 5.41) is 10.7. The fraction of sp³-hybridized carbons (Fsp3) is 0.0909. The predicted molar refractivity (Wildman–Crippen MR) is 57.0 cm³/mol. The van der Waals surface area contributed by atoms with Gasteiger partial charge >= 0.3 is 5.97 Å². The maximum Gasteiger partial charge on any atom is 0.342 e. The number of nitro groups is 1. The third-order valence-corrected chi connectivity index (χ3v) is 2.29. The van der Waals surface area contributed by atoms with Gasteiger partial charge in [0.25, 0.3) is 5.69 Å². The Hall–Kier alpha value is -2.50. The lowest BCUT2D eigenvalue weighted by Crippen LogP contribution is -2.01. The van der Waals surface area contributed by atoms with Gasteiger partial charge in [0.15, 0.2) is 6.61 Å². The molecule has 0 spiro atoms. The minimum absolute atomic E-state index is 0.153. The molecule has 0 atom stereocenters. The van der Waals surface area contributed by atoms with Gasteiger partial charge in [-0.2, -0.15) is 0 Å². The molecule has 1 heterocycles. The molecule has 0 N–H and O–H groups in total. The van der Waals surface area contributed by atoms with Crippen molar-refractivity contribution in [1.82, 2.24) is 0 Å². The highest BCUT2D eigenvalue weighted by atomic mass is 16.6. The Kier molecular flexibility index (Phi) is 2.70. The van der Waals surface area contributed by atoms with Gasteiger partial charge in [0.1, 0.15) is 5.57 Å². The zero-order valence-corrected chi connectivity index (χ0v) is 8.58. The molecular formula is C11H7NO5. The first-order chi connectivity index (χ1) is 8.09. The molecule has 2 rings (SSSR count). The SMILES string of the molecule is O=C1COC(=O)/C1=C/c1ccccc1[N+](=O)[O-]. The first kappa shape index (κ1) is 11.0. The Morgan fingerprint density at radius 2 is 2.00 bits per heavy atom. The maximum absolute atomic E-state index is 11.3. The van der Waals surface area contributed by atoms with Crippen molar-refractivity contribution in [2.75, 3.05) is 6.61 Å². The van der Waals surface area contributed by atoms with Crippen molar-refractivity contribution in [3.8, 4) is 0 Å². The summed E-state index contributed by atoms with van der Waals surface area (Å²) in [5.74, 6) is -1.21. The van der Waals surface area contributed by atoms with Gasteiger partial charge in [-0.15, -0.1) is 0 Å². The molecular weight excluding hydrogens is 226 g/mol. The minimum atomic E-state index is -0.742. The van der Waals surface area contributed by atoms with E-state index in [0.29, 0.717) is 0 Å². The number of Topliss-reactive ketones (excluding diaryl/α,β-unsaturated/α-hetero) is 1. The van der Waals surface area contributed by atoms with Crippen LogP contribution in [0.4, 0.5) is 5.69 Å². The molecule has 1 fully saturated rings. The second kappa shape index (κ2) is 4.17. The zero-order chi connectivity index (χ0) is 12.4. The van der Waals surface area contributed by atoms with Gasteiger partial charge in [-0.05, 0) is 12.1 Å². The van der Waals surface area contributed by atoms with Crippen LogP contribution in [-0.4, -0.2) is 23.3 Å².